The molecule has 0 fully saturated rings. The molecule has 1 aromatic carbocycles. The summed E-state index contributed by atoms with van der Waals surface area (Å²) in [6, 6.07) is 9.29. The lowest BCUT2D eigenvalue weighted by atomic mass is 10.2. The summed E-state index contributed by atoms with van der Waals surface area (Å²) in [5.41, 5.74) is 2.11. The number of benzene rings is 1. The lowest BCUT2D eigenvalue weighted by Gasteiger charge is -2.07. The van der Waals surface area contributed by atoms with Crippen LogP contribution in [0.2, 0.25) is 0 Å². The monoisotopic (exact) mass is 273 g/mol. The number of carbonyl (C=O) groups is 1. The van der Waals surface area contributed by atoms with Crippen LogP contribution in [0.15, 0.2) is 36.5 Å². The van der Waals surface area contributed by atoms with E-state index in [0.717, 1.165) is 17.8 Å². The summed E-state index contributed by atoms with van der Waals surface area (Å²) in [5, 5.41) is 7.07. The normalized spacial score (nSPS) is 10.3. The van der Waals surface area contributed by atoms with Gasteiger partial charge in [0.2, 0.25) is 0 Å². The van der Waals surface area contributed by atoms with E-state index in [1.54, 1.807) is 6.20 Å². The molecule has 1 amide bonds. The van der Waals surface area contributed by atoms with E-state index < -0.39 is 0 Å². The van der Waals surface area contributed by atoms with Gasteiger partial charge < -0.3 is 10.1 Å². The molecule has 5 nitrogen and oxygen atoms in total. The second-order valence-corrected chi connectivity index (χ2v) is 4.45. The number of hydrogen-bond donors (Lipinski definition) is 1. The molecule has 2 rings (SSSR count). The maximum Gasteiger partial charge on any atom is 0.258 e. The zero-order valence-electron chi connectivity index (χ0n) is 11.8. The van der Waals surface area contributed by atoms with E-state index in [0.29, 0.717) is 12.3 Å². The Morgan fingerprint density at radius 1 is 1.35 bits per heavy atom. The highest BCUT2D eigenvalue weighted by atomic mass is 16.5. The molecule has 0 bridgehead atoms. The van der Waals surface area contributed by atoms with Crippen LogP contribution in [-0.4, -0.2) is 22.3 Å². The third kappa shape index (κ3) is 3.60. The summed E-state index contributed by atoms with van der Waals surface area (Å²) >= 11 is 0. The molecule has 0 aliphatic carbocycles. The van der Waals surface area contributed by atoms with Gasteiger partial charge in [0.15, 0.2) is 6.61 Å². The first-order valence-electron chi connectivity index (χ1n) is 6.66. The van der Waals surface area contributed by atoms with Crippen LogP contribution in [0.3, 0.4) is 0 Å². The number of carbonyl (C=O) groups excluding carboxylic acids is 1. The van der Waals surface area contributed by atoms with E-state index in [2.05, 4.69) is 10.4 Å². The Morgan fingerprint density at radius 2 is 2.10 bits per heavy atom. The van der Waals surface area contributed by atoms with Crippen molar-refractivity contribution < 1.29 is 9.53 Å². The summed E-state index contributed by atoms with van der Waals surface area (Å²) in [6.07, 6.45) is 1.79. The average molecular weight is 273 g/mol. The van der Waals surface area contributed by atoms with Gasteiger partial charge in [0, 0.05) is 24.3 Å². The Bertz CT molecular complexity index is 564. The number of para-hydroxylation sites is 1. The summed E-state index contributed by atoms with van der Waals surface area (Å²) < 4.78 is 7.28. The molecule has 2 aromatic rings. The van der Waals surface area contributed by atoms with Gasteiger partial charge in [0.05, 0.1) is 6.20 Å². The molecule has 1 heterocycles. The largest absolute Gasteiger partial charge is 0.484 e. The van der Waals surface area contributed by atoms with Crippen molar-refractivity contribution in [1.82, 2.24) is 15.1 Å². The number of hydrogen-bond acceptors (Lipinski definition) is 3. The fourth-order valence-corrected chi connectivity index (χ4v) is 1.89. The van der Waals surface area contributed by atoms with Gasteiger partial charge in [-0.25, -0.2) is 0 Å². The van der Waals surface area contributed by atoms with Crippen molar-refractivity contribution in [3.8, 4) is 5.75 Å². The minimum Gasteiger partial charge on any atom is -0.484 e. The molecule has 0 spiro atoms. The maximum atomic E-state index is 11.7. The van der Waals surface area contributed by atoms with Gasteiger partial charge in [-0.15, -0.1) is 0 Å². The fraction of sp³-hybridized carbons (Fsp3) is 0.333. The zero-order chi connectivity index (χ0) is 14.4. The molecule has 1 aromatic heterocycles. The molecular weight excluding hydrogens is 254 g/mol. The summed E-state index contributed by atoms with van der Waals surface area (Å²) in [6.45, 7) is 5.36. The number of amides is 1. The van der Waals surface area contributed by atoms with Gasteiger partial charge in [0.25, 0.3) is 5.91 Å². The predicted molar refractivity (Wildman–Crippen MR) is 76.4 cm³/mol. The van der Waals surface area contributed by atoms with Crippen molar-refractivity contribution >= 4 is 5.91 Å². The highest BCUT2D eigenvalue weighted by Gasteiger charge is 2.07. The summed E-state index contributed by atoms with van der Waals surface area (Å²) in [4.78, 5) is 11.7. The minimum atomic E-state index is -0.141. The van der Waals surface area contributed by atoms with Crippen LogP contribution in [-0.2, 0) is 17.9 Å². The number of rotatable bonds is 6. The van der Waals surface area contributed by atoms with Crippen molar-refractivity contribution in [2.45, 2.75) is 26.9 Å². The number of nitrogens with zero attached hydrogens (tertiary/aromatic N) is 2. The van der Waals surface area contributed by atoms with Gasteiger partial charge in [-0.3, -0.25) is 9.48 Å². The van der Waals surface area contributed by atoms with Crippen molar-refractivity contribution in [3.05, 3.63) is 47.8 Å². The highest BCUT2D eigenvalue weighted by molar-refractivity contribution is 5.77. The van der Waals surface area contributed by atoms with Gasteiger partial charge in [-0.1, -0.05) is 18.2 Å². The van der Waals surface area contributed by atoms with Crippen LogP contribution in [0, 0.1) is 6.92 Å². The van der Waals surface area contributed by atoms with Crippen LogP contribution in [0.25, 0.3) is 0 Å². The molecule has 20 heavy (non-hydrogen) atoms. The smallest absolute Gasteiger partial charge is 0.258 e. The number of nitrogens with one attached hydrogen (secondary N) is 1. The van der Waals surface area contributed by atoms with Gasteiger partial charge >= 0.3 is 0 Å². The Labute approximate surface area is 118 Å². The first-order valence-corrected chi connectivity index (χ1v) is 6.66. The van der Waals surface area contributed by atoms with Crippen molar-refractivity contribution in [2.75, 3.05) is 6.61 Å². The molecule has 0 unspecified atom stereocenters. The fourth-order valence-electron chi connectivity index (χ4n) is 1.89. The molecule has 106 valence electrons. The third-order valence-electron chi connectivity index (χ3n) is 3.09. The van der Waals surface area contributed by atoms with Crippen LogP contribution >= 0.6 is 0 Å². The predicted octanol–water partition coefficient (Wildman–Crippen LogP) is 1.91. The molecule has 0 saturated carbocycles. The molecule has 0 saturated heterocycles. The second-order valence-electron chi connectivity index (χ2n) is 4.45. The zero-order valence-corrected chi connectivity index (χ0v) is 11.8. The van der Waals surface area contributed by atoms with Gasteiger partial charge in [-0.05, 0) is 26.0 Å². The van der Waals surface area contributed by atoms with E-state index in [1.807, 2.05) is 48.9 Å². The van der Waals surface area contributed by atoms with E-state index in [4.69, 9.17) is 4.74 Å². The lowest BCUT2D eigenvalue weighted by molar-refractivity contribution is -0.123. The second kappa shape index (κ2) is 6.75. The highest BCUT2D eigenvalue weighted by Crippen LogP contribution is 2.08. The SMILES string of the molecule is CCn1ncc(CNC(=O)COc2ccccc2)c1C. The molecule has 5 heteroatoms. The van der Waals surface area contributed by atoms with E-state index in [-0.39, 0.29) is 12.5 Å². The number of aryl methyl sites for hydroxylation is 1. The van der Waals surface area contributed by atoms with E-state index in [9.17, 15) is 4.79 Å². The maximum absolute atomic E-state index is 11.7. The first kappa shape index (κ1) is 14.1. The van der Waals surface area contributed by atoms with E-state index in [1.165, 1.54) is 0 Å². The molecule has 0 radical (unpaired) electrons. The summed E-state index contributed by atoms with van der Waals surface area (Å²) in [5.74, 6) is 0.551. The number of aromatic nitrogens is 2. The van der Waals surface area contributed by atoms with E-state index >= 15 is 0 Å². The topological polar surface area (TPSA) is 56.2 Å². The minimum absolute atomic E-state index is 0.0188. The van der Waals surface area contributed by atoms with Crippen molar-refractivity contribution in [2.24, 2.45) is 0 Å². The Morgan fingerprint density at radius 3 is 2.75 bits per heavy atom. The standard InChI is InChI=1S/C15H19N3O2/c1-3-18-12(2)13(10-17-18)9-16-15(19)11-20-14-7-5-4-6-8-14/h4-8,10H,3,9,11H2,1-2H3,(H,16,19). The Hall–Kier alpha value is -2.30. The Balaban J connectivity index is 1.79. The quantitative estimate of drug-likeness (QED) is 0.874. The van der Waals surface area contributed by atoms with Crippen molar-refractivity contribution in [1.29, 1.82) is 0 Å². The molecular formula is C15H19N3O2. The van der Waals surface area contributed by atoms with Crippen LogP contribution < -0.4 is 10.1 Å². The molecule has 0 aliphatic rings. The Kier molecular flexibility index (Phi) is 4.76. The molecule has 0 atom stereocenters. The van der Waals surface area contributed by atoms with Crippen LogP contribution in [0.1, 0.15) is 18.2 Å². The van der Waals surface area contributed by atoms with Gasteiger partial charge in [0.1, 0.15) is 5.75 Å². The van der Waals surface area contributed by atoms with Crippen molar-refractivity contribution in [3.63, 3.8) is 0 Å². The lowest BCUT2D eigenvalue weighted by Crippen LogP contribution is -2.28. The van der Waals surface area contributed by atoms with Gasteiger partial charge in [-0.2, -0.15) is 5.10 Å². The number of ether oxygens (including phenoxy) is 1. The van der Waals surface area contributed by atoms with Crippen LogP contribution in [0.4, 0.5) is 0 Å². The molecule has 0 aliphatic heterocycles. The van der Waals surface area contributed by atoms with Crippen LogP contribution in [0.5, 0.6) is 5.75 Å². The first-order chi connectivity index (χ1) is 9.70. The third-order valence-corrected chi connectivity index (χ3v) is 3.09. The average Bonchev–Trinajstić information content (AvgIpc) is 2.84. The molecule has 1 N–H and O–H groups in total. The summed E-state index contributed by atoms with van der Waals surface area (Å²) in [7, 11) is 0.